The third-order valence-corrected chi connectivity index (χ3v) is 4.50. The lowest BCUT2D eigenvalue weighted by molar-refractivity contribution is -0.111. The number of pyridine rings is 1. The maximum absolute atomic E-state index is 12.4. The zero-order chi connectivity index (χ0) is 16.1. The summed E-state index contributed by atoms with van der Waals surface area (Å²) in [7, 11) is 0. The van der Waals surface area contributed by atoms with Gasteiger partial charge in [0.05, 0.1) is 11.2 Å². The molecule has 0 atom stereocenters. The number of carbonyl (C=O) groups is 1. The van der Waals surface area contributed by atoms with Crippen LogP contribution in [0.3, 0.4) is 0 Å². The lowest BCUT2D eigenvalue weighted by Gasteiger charge is -2.07. The molecule has 1 N–H and O–H groups in total. The minimum atomic E-state index is -0.111. The lowest BCUT2D eigenvalue weighted by atomic mass is 10.1. The summed E-state index contributed by atoms with van der Waals surface area (Å²) in [6.07, 6.45) is 5.34. The summed E-state index contributed by atoms with van der Waals surface area (Å²) >= 11 is 1.66. The first-order chi connectivity index (χ1) is 11.3. The SMILES string of the molecule is CCC/C(=C/C(=O)Nc1cccc2cccnc12)c1cccs1. The number of nitrogens with one attached hydrogen (secondary N) is 1. The fourth-order valence-corrected chi connectivity index (χ4v) is 3.30. The number of nitrogens with zero attached hydrogens (tertiary/aromatic N) is 1. The third kappa shape index (κ3) is 3.66. The van der Waals surface area contributed by atoms with E-state index in [1.54, 1.807) is 23.6 Å². The van der Waals surface area contributed by atoms with Crippen molar-refractivity contribution in [2.45, 2.75) is 19.8 Å². The quantitative estimate of drug-likeness (QED) is 0.663. The number of para-hydroxylation sites is 1. The smallest absolute Gasteiger partial charge is 0.248 e. The number of anilines is 1. The molecule has 23 heavy (non-hydrogen) atoms. The van der Waals surface area contributed by atoms with Crippen molar-refractivity contribution in [1.29, 1.82) is 0 Å². The van der Waals surface area contributed by atoms with Crippen LogP contribution in [0.1, 0.15) is 24.6 Å². The maximum atomic E-state index is 12.4. The van der Waals surface area contributed by atoms with Gasteiger partial charge in [0.1, 0.15) is 0 Å². The van der Waals surface area contributed by atoms with Crippen molar-refractivity contribution in [2.75, 3.05) is 5.32 Å². The van der Waals surface area contributed by atoms with Gasteiger partial charge < -0.3 is 5.32 Å². The second-order valence-electron chi connectivity index (χ2n) is 5.27. The van der Waals surface area contributed by atoms with Gasteiger partial charge in [-0.3, -0.25) is 9.78 Å². The van der Waals surface area contributed by atoms with Crippen molar-refractivity contribution in [3.8, 4) is 0 Å². The molecule has 0 fully saturated rings. The standard InChI is InChI=1S/C19H18N2OS/c1-2-6-15(17-10-5-12-23-17)13-18(22)21-16-9-3-7-14-8-4-11-20-19(14)16/h3-5,7-13H,2,6H2,1H3,(H,21,22)/b15-13-. The predicted octanol–water partition coefficient (Wildman–Crippen LogP) is 5.12. The first kappa shape index (κ1) is 15.4. The number of thiophene rings is 1. The van der Waals surface area contributed by atoms with Gasteiger partial charge in [-0.15, -0.1) is 11.3 Å². The molecular weight excluding hydrogens is 304 g/mol. The van der Waals surface area contributed by atoms with Crippen LogP contribution in [0.4, 0.5) is 5.69 Å². The van der Waals surface area contributed by atoms with Crippen molar-refractivity contribution in [3.05, 3.63) is 65.0 Å². The van der Waals surface area contributed by atoms with Crippen LogP contribution < -0.4 is 5.32 Å². The normalized spacial score (nSPS) is 11.6. The largest absolute Gasteiger partial charge is 0.321 e. The Morgan fingerprint density at radius 3 is 2.87 bits per heavy atom. The van der Waals surface area contributed by atoms with Crippen molar-refractivity contribution in [1.82, 2.24) is 4.98 Å². The van der Waals surface area contributed by atoms with Crippen LogP contribution in [-0.2, 0) is 4.79 Å². The second kappa shape index (κ2) is 7.20. The third-order valence-electron chi connectivity index (χ3n) is 3.55. The van der Waals surface area contributed by atoms with Gasteiger partial charge in [-0.05, 0) is 35.6 Å². The van der Waals surface area contributed by atoms with Gasteiger partial charge in [0.15, 0.2) is 0 Å². The van der Waals surface area contributed by atoms with E-state index in [2.05, 4.69) is 23.3 Å². The average Bonchev–Trinajstić information content (AvgIpc) is 3.09. The number of aromatic nitrogens is 1. The Hall–Kier alpha value is -2.46. The molecule has 1 amide bonds. The molecule has 0 aliphatic heterocycles. The number of rotatable bonds is 5. The van der Waals surface area contributed by atoms with Crippen molar-refractivity contribution < 1.29 is 4.79 Å². The summed E-state index contributed by atoms with van der Waals surface area (Å²) in [4.78, 5) is 17.9. The maximum Gasteiger partial charge on any atom is 0.248 e. The van der Waals surface area contributed by atoms with Gasteiger partial charge in [0, 0.05) is 22.5 Å². The Morgan fingerprint density at radius 2 is 2.09 bits per heavy atom. The molecule has 0 saturated carbocycles. The topological polar surface area (TPSA) is 42.0 Å². The fraction of sp³-hybridized carbons (Fsp3) is 0.158. The van der Waals surface area contributed by atoms with Crippen LogP contribution in [0.2, 0.25) is 0 Å². The van der Waals surface area contributed by atoms with Crippen molar-refractivity contribution >= 4 is 39.4 Å². The van der Waals surface area contributed by atoms with Gasteiger partial charge in [-0.1, -0.05) is 37.6 Å². The van der Waals surface area contributed by atoms with E-state index in [1.807, 2.05) is 41.8 Å². The van der Waals surface area contributed by atoms with E-state index >= 15 is 0 Å². The summed E-state index contributed by atoms with van der Waals surface area (Å²) in [5.41, 5.74) is 2.63. The second-order valence-corrected chi connectivity index (χ2v) is 6.21. The molecule has 4 heteroatoms. The molecule has 3 nitrogen and oxygen atoms in total. The summed E-state index contributed by atoms with van der Waals surface area (Å²) in [5, 5.41) is 6.01. The number of amides is 1. The zero-order valence-corrected chi connectivity index (χ0v) is 13.8. The fourth-order valence-electron chi connectivity index (χ4n) is 2.53. The Balaban J connectivity index is 1.86. The minimum absolute atomic E-state index is 0.111. The van der Waals surface area contributed by atoms with Crippen LogP contribution in [-0.4, -0.2) is 10.9 Å². The molecule has 2 aromatic heterocycles. The van der Waals surface area contributed by atoms with E-state index in [9.17, 15) is 4.79 Å². The van der Waals surface area contributed by atoms with Crippen LogP contribution in [0.15, 0.2) is 60.1 Å². The van der Waals surface area contributed by atoms with Gasteiger partial charge in [-0.25, -0.2) is 0 Å². The van der Waals surface area contributed by atoms with Gasteiger partial charge in [0.2, 0.25) is 5.91 Å². The Bertz CT molecular complexity index is 832. The number of hydrogen-bond acceptors (Lipinski definition) is 3. The molecule has 1 aromatic carbocycles. The van der Waals surface area contributed by atoms with E-state index in [1.165, 1.54) is 0 Å². The Morgan fingerprint density at radius 1 is 1.22 bits per heavy atom. The number of fused-ring (bicyclic) bond motifs is 1. The van der Waals surface area contributed by atoms with E-state index in [-0.39, 0.29) is 5.91 Å². The number of hydrogen-bond donors (Lipinski definition) is 1. The highest BCUT2D eigenvalue weighted by molar-refractivity contribution is 7.11. The van der Waals surface area contributed by atoms with Crippen molar-refractivity contribution in [2.24, 2.45) is 0 Å². The molecule has 2 heterocycles. The number of carbonyl (C=O) groups excluding carboxylic acids is 1. The first-order valence-corrected chi connectivity index (χ1v) is 8.55. The van der Waals surface area contributed by atoms with Gasteiger partial charge in [0.25, 0.3) is 0 Å². The molecular formula is C19H18N2OS. The monoisotopic (exact) mass is 322 g/mol. The molecule has 0 spiro atoms. The average molecular weight is 322 g/mol. The molecule has 0 aliphatic rings. The van der Waals surface area contributed by atoms with E-state index in [0.717, 1.165) is 39.9 Å². The van der Waals surface area contributed by atoms with Gasteiger partial charge >= 0.3 is 0 Å². The summed E-state index contributed by atoms with van der Waals surface area (Å²) in [6, 6.07) is 13.7. The molecule has 0 radical (unpaired) electrons. The molecule has 0 aliphatic carbocycles. The highest BCUT2D eigenvalue weighted by atomic mass is 32.1. The molecule has 0 bridgehead atoms. The van der Waals surface area contributed by atoms with Crippen LogP contribution in [0.5, 0.6) is 0 Å². The van der Waals surface area contributed by atoms with Crippen LogP contribution in [0, 0.1) is 0 Å². The summed E-state index contributed by atoms with van der Waals surface area (Å²) < 4.78 is 0. The molecule has 3 rings (SSSR count). The number of benzene rings is 1. The molecule has 0 saturated heterocycles. The molecule has 3 aromatic rings. The van der Waals surface area contributed by atoms with Crippen LogP contribution in [0.25, 0.3) is 16.5 Å². The number of allylic oxidation sites excluding steroid dienone is 1. The van der Waals surface area contributed by atoms with E-state index in [4.69, 9.17) is 0 Å². The highest BCUT2D eigenvalue weighted by Gasteiger charge is 2.08. The Kier molecular flexibility index (Phi) is 4.83. The summed E-state index contributed by atoms with van der Waals surface area (Å²) in [5.74, 6) is -0.111. The van der Waals surface area contributed by atoms with Crippen LogP contribution >= 0.6 is 11.3 Å². The molecule has 116 valence electrons. The lowest BCUT2D eigenvalue weighted by Crippen LogP contribution is -2.09. The summed E-state index contributed by atoms with van der Waals surface area (Å²) in [6.45, 7) is 2.12. The highest BCUT2D eigenvalue weighted by Crippen LogP contribution is 2.25. The molecule has 0 unspecified atom stereocenters. The van der Waals surface area contributed by atoms with Crippen molar-refractivity contribution in [3.63, 3.8) is 0 Å². The van der Waals surface area contributed by atoms with Gasteiger partial charge in [-0.2, -0.15) is 0 Å². The van der Waals surface area contributed by atoms with E-state index < -0.39 is 0 Å². The predicted molar refractivity (Wildman–Crippen MR) is 97.6 cm³/mol. The first-order valence-electron chi connectivity index (χ1n) is 7.67. The zero-order valence-electron chi connectivity index (χ0n) is 13.0. The minimum Gasteiger partial charge on any atom is -0.321 e. The Labute approximate surface area is 139 Å². The van der Waals surface area contributed by atoms with E-state index in [0.29, 0.717) is 0 Å².